The van der Waals surface area contributed by atoms with E-state index in [1.54, 1.807) is 0 Å². The van der Waals surface area contributed by atoms with Crippen LogP contribution < -0.4 is 0 Å². The SMILES string of the molecule is O=C(O)C=CC(=O)OC(O)C=CO. The minimum atomic E-state index is -1.59. The molecule has 0 aromatic carbocycles. The van der Waals surface area contributed by atoms with Crippen LogP contribution >= 0.6 is 0 Å². The molecule has 0 fully saturated rings. The van der Waals surface area contributed by atoms with E-state index in [1.807, 2.05) is 0 Å². The fourth-order valence-electron chi connectivity index (χ4n) is 0.411. The first-order chi connectivity index (χ1) is 6.06. The van der Waals surface area contributed by atoms with Gasteiger partial charge in [-0.05, 0) is 0 Å². The molecule has 3 N–H and O–H groups in total. The molecule has 0 aliphatic heterocycles. The quantitative estimate of drug-likeness (QED) is 0.239. The van der Waals surface area contributed by atoms with Gasteiger partial charge in [0.05, 0.1) is 6.26 Å². The molecular formula is C7H8O6. The maximum Gasteiger partial charge on any atom is 0.333 e. The summed E-state index contributed by atoms with van der Waals surface area (Å²) in [5.74, 6) is -2.32. The molecule has 1 atom stereocenters. The van der Waals surface area contributed by atoms with Crippen LogP contribution in [-0.2, 0) is 14.3 Å². The second-order valence-corrected chi connectivity index (χ2v) is 1.84. The number of aliphatic carboxylic acids is 1. The topological polar surface area (TPSA) is 104 Å². The highest BCUT2D eigenvalue weighted by Crippen LogP contribution is 1.91. The highest BCUT2D eigenvalue weighted by Gasteiger charge is 2.04. The molecule has 1 unspecified atom stereocenters. The number of ether oxygens (including phenoxy) is 1. The van der Waals surface area contributed by atoms with Crippen LogP contribution in [0.25, 0.3) is 0 Å². The van der Waals surface area contributed by atoms with E-state index in [9.17, 15) is 9.59 Å². The lowest BCUT2D eigenvalue weighted by molar-refractivity contribution is -0.154. The Labute approximate surface area is 73.4 Å². The van der Waals surface area contributed by atoms with Crippen LogP contribution in [0.1, 0.15) is 0 Å². The van der Waals surface area contributed by atoms with E-state index < -0.39 is 18.2 Å². The third kappa shape index (κ3) is 6.57. The van der Waals surface area contributed by atoms with Crippen LogP contribution in [0.4, 0.5) is 0 Å². The van der Waals surface area contributed by atoms with Crippen LogP contribution in [0.15, 0.2) is 24.5 Å². The van der Waals surface area contributed by atoms with Gasteiger partial charge in [-0.1, -0.05) is 0 Å². The summed E-state index contributed by atoms with van der Waals surface area (Å²) in [6.07, 6.45) is 0.913. The molecular weight excluding hydrogens is 180 g/mol. The largest absolute Gasteiger partial charge is 0.516 e. The molecule has 0 bridgehead atoms. The second kappa shape index (κ2) is 5.78. The smallest absolute Gasteiger partial charge is 0.333 e. The molecule has 0 saturated heterocycles. The summed E-state index contributed by atoms with van der Waals surface area (Å²) in [4.78, 5) is 20.5. The molecule has 0 rings (SSSR count). The van der Waals surface area contributed by atoms with Crippen LogP contribution in [0.3, 0.4) is 0 Å². The van der Waals surface area contributed by atoms with Crippen LogP contribution in [0.5, 0.6) is 0 Å². The van der Waals surface area contributed by atoms with Gasteiger partial charge in [-0.25, -0.2) is 9.59 Å². The number of aliphatic hydroxyl groups excluding tert-OH is 2. The Kier molecular flexibility index (Phi) is 4.97. The van der Waals surface area contributed by atoms with Crippen LogP contribution in [0, 0.1) is 0 Å². The summed E-state index contributed by atoms with van der Waals surface area (Å²) >= 11 is 0. The van der Waals surface area contributed by atoms with E-state index in [1.165, 1.54) is 0 Å². The summed E-state index contributed by atoms with van der Waals surface area (Å²) < 4.78 is 4.16. The average Bonchev–Trinajstić information content (AvgIpc) is 2.01. The number of carbonyl (C=O) groups is 2. The van der Waals surface area contributed by atoms with Gasteiger partial charge >= 0.3 is 11.9 Å². The average molecular weight is 188 g/mol. The Hall–Kier alpha value is -1.82. The summed E-state index contributed by atoms with van der Waals surface area (Å²) in [7, 11) is 0. The zero-order chi connectivity index (χ0) is 10.3. The fourth-order valence-corrected chi connectivity index (χ4v) is 0.411. The molecule has 0 amide bonds. The lowest BCUT2D eigenvalue weighted by atomic mass is 10.5. The van der Waals surface area contributed by atoms with Crippen molar-refractivity contribution in [2.75, 3.05) is 0 Å². The van der Waals surface area contributed by atoms with E-state index in [4.69, 9.17) is 15.3 Å². The van der Waals surface area contributed by atoms with Crippen molar-refractivity contribution in [3.63, 3.8) is 0 Å². The van der Waals surface area contributed by atoms with E-state index in [2.05, 4.69) is 4.74 Å². The van der Waals surface area contributed by atoms with Crippen molar-refractivity contribution in [1.29, 1.82) is 0 Å². The van der Waals surface area contributed by atoms with Gasteiger partial charge in [0.2, 0.25) is 6.29 Å². The van der Waals surface area contributed by atoms with Gasteiger partial charge in [0.1, 0.15) is 0 Å². The minimum Gasteiger partial charge on any atom is -0.516 e. The number of aliphatic hydroxyl groups is 2. The number of hydrogen-bond donors (Lipinski definition) is 3. The molecule has 6 heteroatoms. The Morgan fingerprint density at radius 2 is 1.92 bits per heavy atom. The van der Waals surface area contributed by atoms with Gasteiger partial charge in [-0.3, -0.25) is 0 Å². The normalized spacial score (nSPS) is 13.3. The number of rotatable bonds is 4. The lowest BCUT2D eigenvalue weighted by Crippen LogP contribution is -2.13. The number of carboxylic acid groups (broad SMARTS) is 1. The Morgan fingerprint density at radius 3 is 2.38 bits per heavy atom. The van der Waals surface area contributed by atoms with E-state index >= 15 is 0 Å². The lowest BCUT2D eigenvalue weighted by Gasteiger charge is -2.03. The van der Waals surface area contributed by atoms with Gasteiger partial charge < -0.3 is 20.1 Å². The van der Waals surface area contributed by atoms with Crippen molar-refractivity contribution < 1.29 is 29.6 Å². The highest BCUT2D eigenvalue weighted by atomic mass is 16.6. The predicted molar refractivity (Wildman–Crippen MR) is 40.6 cm³/mol. The zero-order valence-electron chi connectivity index (χ0n) is 6.45. The van der Waals surface area contributed by atoms with Crippen molar-refractivity contribution in [2.45, 2.75) is 6.29 Å². The van der Waals surface area contributed by atoms with Gasteiger partial charge in [0.25, 0.3) is 0 Å². The molecule has 0 aromatic rings. The molecule has 0 aliphatic carbocycles. The molecule has 6 nitrogen and oxygen atoms in total. The Morgan fingerprint density at radius 1 is 1.31 bits per heavy atom. The maximum atomic E-state index is 10.6. The number of esters is 1. The first kappa shape index (κ1) is 11.2. The molecule has 0 radical (unpaired) electrons. The minimum absolute atomic E-state index is 0.499. The Balaban J connectivity index is 3.94. The molecule has 0 spiro atoms. The van der Waals surface area contributed by atoms with Crippen LogP contribution in [0.2, 0.25) is 0 Å². The Bertz CT molecular complexity index is 241. The van der Waals surface area contributed by atoms with Crippen molar-refractivity contribution in [3.8, 4) is 0 Å². The molecule has 72 valence electrons. The van der Waals surface area contributed by atoms with E-state index in [0.717, 1.165) is 6.08 Å². The summed E-state index contributed by atoms with van der Waals surface area (Å²) in [6.45, 7) is 0. The standard InChI is InChI=1S/C7H8O6/c8-4-3-7(12)13-6(11)2-1-5(9)10/h1-4,7-8,12H,(H,9,10). The second-order valence-electron chi connectivity index (χ2n) is 1.84. The van der Waals surface area contributed by atoms with Gasteiger partial charge in [-0.15, -0.1) is 0 Å². The predicted octanol–water partition coefficient (Wildman–Crippen LogP) is -0.440. The van der Waals surface area contributed by atoms with Gasteiger partial charge in [0.15, 0.2) is 0 Å². The summed E-state index contributed by atoms with van der Waals surface area (Å²) in [5.41, 5.74) is 0. The first-order valence-electron chi connectivity index (χ1n) is 3.17. The van der Waals surface area contributed by atoms with Crippen molar-refractivity contribution in [1.82, 2.24) is 0 Å². The summed E-state index contributed by atoms with van der Waals surface area (Å²) in [6, 6.07) is 0. The molecule has 13 heavy (non-hydrogen) atoms. The fraction of sp³-hybridized carbons (Fsp3) is 0.143. The van der Waals surface area contributed by atoms with Crippen molar-refractivity contribution in [2.24, 2.45) is 0 Å². The third-order valence-corrected chi connectivity index (χ3v) is 0.850. The molecule has 0 heterocycles. The van der Waals surface area contributed by atoms with E-state index in [-0.39, 0.29) is 0 Å². The number of hydrogen-bond acceptors (Lipinski definition) is 5. The summed E-state index contributed by atoms with van der Waals surface area (Å²) in [5, 5.41) is 24.9. The van der Waals surface area contributed by atoms with Crippen molar-refractivity contribution >= 4 is 11.9 Å². The third-order valence-electron chi connectivity index (χ3n) is 0.850. The monoisotopic (exact) mass is 188 g/mol. The zero-order valence-corrected chi connectivity index (χ0v) is 6.45. The first-order valence-corrected chi connectivity index (χ1v) is 3.17. The molecule has 0 aromatic heterocycles. The number of carboxylic acids is 1. The molecule has 0 saturated carbocycles. The van der Waals surface area contributed by atoms with Gasteiger partial charge in [-0.2, -0.15) is 0 Å². The van der Waals surface area contributed by atoms with E-state index in [0.29, 0.717) is 18.4 Å². The van der Waals surface area contributed by atoms with Crippen LogP contribution in [-0.4, -0.2) is 33.5 Å². The number of carbonyl (C=O) groups excluding carboxylic acids is 1. The van der Waals surface area contributed by atoms with Gasteiger partial charge in [0, 0.05) is 18.2 Å². The molecule has 0 aliphatic rings. The van der Waals surface area contributed by atoms with Crippen molar-refractivity contribution in [3.05, 3.63) is 24.5 Å². The maximum absolute atomic E-state index is 10.6. The highest BCUT2D eigenvalue weighted by molar-refractivity contribution is 5.90.